The third-order valence-corrected chi connectivity index (χ3v) is 5.11. The highest BCUT2D eigenvalue weighted by Gasteiger charge is 2.31. The zero-order valence-electron chi connectivity index (χ0n) is 13.0. The number of hydrogen-bond donors (Lipinski definition) is 2. The van der Waals surface area contributed by atoms with Gasteiger partial charge in [-0.05, 0) is 30.5 Å². The molecular weight excluding hydrogens is 286 g/mol. The van der Waals surface area contributed by atoms with E-state index in [9.17, 15) is 8.42 Å². The van der Waals surface area contributed by atoms with Crippen LogP contribution in [-0.4, -0.2) is 28.1 Å². The minimum absolute atomic E-state index is 0.225. The van der Waals surface area contributed by atoms with E-state index in [1.165, 1.54) is 4.31 Å². The second-order valence-electron chi connectivity index (χ2n) is 5.78. The van der Waals surface area contributed by atoms with Crippen LogP contribution in [0.3, 0.4) is 0 Å². The van der Waals surface area contributed by atoms with Crippen LogP contribution in [-0.2, 0) is 10.2 Å². The third kappa shape index (κ3) is 3.75. The summed E-state index contributed by atoms with van der Waals surface area (Å²) >= 11 is 0. The average Bonchev–Trinajstić information content (AvgIpc) is 2.46. The predicted octanol–water partition coefficient (Wildman–Crippen LogP) is 2.04. The molecule has 2 N–H and O–H groups in total. The smallest absolute Gasteiger partial charge is 0.301 e. The fourth-order valence-corrected chi connectivity index (χ4v) is 4.06. The minimum atomic E-state index is -3.47. The van der Waals surface area contributed by atoms with Gasteiger partial charge in [0.1, 0.15) is 0 Å². The molecule has 1 aromatic rings. The van der Waals surface area contributed by atoms with E-state index in [-0.39, 0.29) is 12.0 Å². The number of para-hydroxylation sites is 1. The molecule has 1 aromatic carbocycles. The Labute approximate surface area is 127 Å². The van der Waals surface area contributed by atoms with Crippen molar-refractivity contribution >= 4 is 15.9 Å². The maximum absolute atomic E-state index is 12.5. The minimum Gasteiger partial charge on any atom is -0.310 e. The van der Waals surface area contributed by atoms with Crippen LogP contribution in [0, 0.1) is 5.92 Å². The second-order valence-corrected chi connectivity index (χ2v) is 7.46. The molecule has 6 heteroatoms. The first-order valence-electron chi connectivity index (χ1n) is 7.55. The summed E-state index contributed by atoms with van der Waals surface area (Å²) in [5.41, 5.74) is 1.84. The molecule has 0 saturated heterocycles. The largest absolute Gasteiger partial charge is 0.310 e. The molecule has 1 heterocycles. The molecule has 1 atom stereocenters. The molecule has 0 aromatic heterocycles. The molecule has 0 spiro atoms. The molecular formula is C15H25N3O2S. The number of nitrogens with one attached hydrogen (secondary N) is 2. The highest BCUT2D eigenvalue weighted by molar-refractivity contribution is 7.90. The van der Waals surface area contributed by atoms with Gasteiger partial charge >= 0.3 is 10.2 Å². The van der Waals surface area contributed by atoms with Crippen molar-refractivity contribution < 1.29 is 8.42 Å². The lowest BCUT2D eigenvalue weighted by atomic mass is 9.98. The van der Waals surface area contributed by atoms with Gasteiger partial charge in [0, 0.05) is 19.1 Å². The number of benzene rings is 1. The molecule has 5 nitrogen and oxygen atoms in total. The van der Waals surface area contributed by atoms with Gasteiger partial charge in [-0.2, -0.15) is 13.1 Å². The van der Waals surface area contributed by atoms with Crippen LogP contribution >= 0.6 is 0 Å². The molecule has 1 aliphatic rings. The van der Waals surface area contributed by atoms with E-state index in [1.807, 2.05) is 38.1 Å². The summed E-state index contributed by atoms with van der Waals surface area (Å²) in [7, 11) is -3.47. The Morgan fingerprint density at radius 2 is 2.05 bits per heavy atom. The van der Waals surface area contributed by atoms with Crippen molar-refractivity contribution in [1.82, 2.24) is 10.0 Å². The third-order valence-electron chi connectivity index (χ3n) is 3.62. The van der Waals surface area contributed by atoms with E-state index in [0.717, 1.165) is 24.2 Å². The predicted molar refractivity (Wildman–Crippen MR) is 86.6 cm³/mol. The van der Waals surface area contributed by atoms with Gasteiger partial charge in [-0.3, -0.25) is 4.31 Å². The molecule has 0 amide bonds. The highest BCUT2D eigenvalue weighted by atomic mass is 32.2. The van der Waals surface area contributed by atoms with E-state index in [4.69, 9.17) is 0 Å². The van der Waals surface area contributed by atoms with Crippen molar-refractivity contribution in [3.8, 4) is 0 Å². The first kappa shape index (κ1) is 16.3. The van der Waals surface area contributed by atoms with Gasteiger partial charge in [-0.15, -0.1) is 0 Å². The lowest BCUT2D eigenvalue weighted by Gasteiger charge is -2.35. The van der Waals surface area contributed by atoms with E-state index in [1.54, 1.807) is 0 Å². The number of hydrogen-bond acceptors (Lipinski definition) is 3. The normalized spacial score (nSPS) is 18.9. The number of fused-ring (bicyclic) bond motifs is 1. The Hall–Kier alpha value is -1.11. The molecule has 21 heavy (non-hydrogen) atoms. The van der Waals surface area contributed by atoms with Gasteiger partial charge in [0.15, 0.2) is 0 Å². The molecule has 0 bridgehead atoms. The fourth-order valence-electron chi connectivity index (χ4n) is 2.59. The van der Waals surface area contributed by atoms with E-state index < -0.39 is 10.2 Å². The molecule has 118 valence electrons. The lowest BCUT2D eigenvalue weighted by Crippen LogP contribution is -2.46. The van der Waals surface area contributed by atoms with Crippen LogP contribution in [0.25, 0.3) is 0 Å². The number of nitrogens with zero attached hydrogens (tertiary/aromatic N) is 1. The summed E-state index contributed by atoms with van der Waals surface area (Å²) < 4.78 is 29.2. The van der Waals surface area contributed by atoms with Gasteiger partial charge < -0.3 is 5.32 Å². The van der Waals surface area contributed by atoms with E-state index in [0.29, 0.717) is 13.1 Å². The number of anilines is 1. The summed E-state index contributed by atoms with van der Waals surface area (Å²) in [6.45, 7) is 7.88. The van der Waals surface area contributed by atoms with Crippen molar-refractivity contribution in [2.75, 3.05) is 23.9 Å². The van der Waals surface area contributed by atoms with E-state index in [2.05, 4.69) is 17.0 Å². The fraction of sp³-hybridized carbons (Fsp3) is 0.600. The van der Waals surface area contributed by atoms with Crippen molar-refractivity contribution in [1.29, 1.82) is 0 Å². The topological polar surface area (TPSA) is 61.4 Å². The van der Waals surface area contributed by atoms with Gasteiger partial charge in [0.05, 0.1) is 5.69 Å². The Morgan fingerprint density at radius 1 is 1.33 bits per heavy atom. The van der Waals surface area contributed by atoms with Crippen LogP contribution in [0.4, 0.5) is 5.69 Å². The van der Waals surface area contributed by atoms with Gasteiger partial charge in [-0.25, -0.2) is 0 Å². The monoisotopic (exact) mass is 311 g/mol. The maximum atomic E-state index is 12.5. The van der Waals surface area contributed by atoms with Crippen LogP contribution in [0.2, 0.25) is 0 Å². The van der Waals surface area contributed by atoms with Gasteiger partial charge in [-0.1, -0.05) is 39.0 Å². The zero-order chi connectivity index (χ0) is 15.5. The molecule has 0 saturated carbocycles. The molecule has 2 rings (SSSR count). The van der Waals surface area contributed by atoms with Crippen molar-refractivity contribution in [3.63, 3.8) is 0 Å². The summed E-state index contributed by atoms with van der Waals surface area (Å²) in [6.07, 6.45) is 0.785. The Morgan fingerprint density at radius 3 is 2.71 bits per heavy atom. The first-order chi connectivity index (χ1) is 9.95. The quantitative estimate of drug-likeness (QED) is 0.845. The molecule has 0 radical (unpaired) electrons. The maximum Gasteiger partial charge on any atom is 0.301 e. The summed E-state index contributed by atoms with van der Waals surface area (Å²) in [5, 5.41) is 3.42. The zero-order valence-corrected chi connectivity index (χ0v) is 13.8. The summed E-state index contributed by atoms with van der Waals surface area (Å²) in [5.74, 6) is 0.286. The summed E-state index contributed by atoms with van der Waals surface area (Å²) in [6, 6.07) is 7.96. The van der Waals surface area contributed by atoms with Crippen LogP contribution in [0.5, 0.6) is 0 Å². The van der Waals surface area contributed by atoms with Crippen molar-refractivity contribution in [2.45, 2.75) is 33.2 Å². The van der Waals surface area contributed by atoms with Crippen LogP contribution in [0.1, 0.15) is 38.8 Å². The SMILES string of the molecule is CCNC1CCN(S(=O)(=O)NCC(C)C)c2ccccc21. The highest BCUT2D eigenvalue weighted by Crippen LogP contribution is 2.34. The molecule has 1 unspecified atom stereocenters. The van der Waals surface area contributed by atoms with Gasteiger partial charge in [0.2, 0.25) is 0 Å². The van der Waals surface area contributed by atoms with Gasteiger partial charge in [0.25, 0.3) is 0 Å². The average molecular weight is 311 g/mol. The first-order valence-corrected chi connectivity index (χ1v) is 8.99. The van der Waals surface area contributed by atoms with Crippen molar-refractivity contribution in [3.05, 3.63) is 29.8 Å². The molecule has 1 aliphatic heterocycles. The van der Waals surface area contributed by atoms with Crippen LogP contribution < -0.4 is 14.3 Å². The summed E-state index contributed by atoms with van der Waals surface area (Å²) in [4.78, 5) is 0. The Bertz CT molecular complexity index is 572. The molecule has 0 fully saturated rings. The van der Waals surface area contributed by atoms with Crippen LogP contribution in [0.15, 0.2) is 24.3 Å². The number of rotatable bonds is 6. The Kier molecular flexibility index (Phi) is 5.24. The lowest BCUT2D eigenvalue weighted by molar-refractivity contribution is 0.498. The van der Waals surface area contributed by atoms with E-state index >= 15 is 0 Å². The molecule has 0 aliphatic carbocycles. The standard InChI is InChI=1S/C15H25N3O2S/c1-4-16-14-9-10-18(15-8-6-5-7-13(14)15)21(19,20)17-11-12(2)3/h5-8,12,14,16-17H,4,9-11H2,1-3H3. The van der Waals surface area contributed by atoms with Crippen molar-refractivity contribution in [2.24, 2.45) is 5.92 Å². The second kappa shape index (κ2) is 6.77. The Balaban J connectivity index is 2.28.